The summed E-state index contributed by atoms with van der Waals surface area (Å²) >= 11 is 7.72. The van der Waals surface area contributed by atoms with Crippen molar-refractivity contribution in [1.29, 1.82) is 0 Å². The first kappa shape index (κ1) is 25.6. The Labute approximate surface area is 219 Å². The number of nitrogens with zero attached hydrogens (tertiary/aromatic N) is 2. The van der Waals surface area contributed by atoms with Gasteiger partial charge in [-0.2, -0.15) is 0 Å². The number of carbonyl (C=O) groups excluding carboxylic acids is 2. The van der Waals surface area contributed by atoms with Gasteiger partial charge in [-0.25, -0.2) is 4.79 Å². The highest BCUT2D eigenvalue weighted by Gasteiger charge is 2.33. The van der Waals surface area contributed by atoms with Crippen molar-refractivity contribution >= 4 is 40.6 Å². The molecule has 1 aliphatic heterocycles. The van der Waals surface area contributed by atoms with Gasteiger partial charge in [-0.3, -0.25) is 4.79 Å². The van der Waals surface area contributed by atoms with Gasteiger partial charge in [0, 0.05) is 28.7 Å². The minimum atomic E-state index is -0.402. The van der Waals surface area contributed by atoms with Crippen LogP contribution in [0.25, 0.3) is 0 Å². The van der Waals surface area contributed by atoms with E-state index >= 15 is 0 Å². The molecular formula is C27H28ClN3O4S. The van der Waals surface area contributed by atoms with Gasteiger partial charge >= 0.3 is 6.03 Å². The minimum absolute atomic E-state index is 0.0942. The van der Waals surface area contributed by atoms with E-state index in [9.17, 15) is 9.59 Å². The van der Waals surface area contributed by atoms with Gasteiger partial charge < -0.3 is 24.6 Å². The summed E-state index contributed by atoms with van der Waals surface area (Å²) in [5.41, 5.74) is 1.63. The van der Waals surface area contributed by atoms with E-state index in [0.29, 0.717) is 28.8 Å². The standard InChI is InChI=1S/C27H28ClN3O4S/c1-3-13-30(27(33)29-20-8-6-7-19(28)16-20)17-26(32)31-14-11-25-21(12-15-36-25)22(31)18-35-24-10-5-4-9-23(24)34-2/h3-10,12,15-16,22H,1,11,13-14,17-18H2,2H3,(H,29,33)/t22-/m1/s1. The summed E-state index contributed by atoms with van der Waals surface area (Å²) in [5.74, 6) is 1.08. The van der Waals surface area contributed by atoms with Crippen LogP contribution in [0.1, 0.15) is 16.5 Å². The average molecular weight is 526 g/mol. The number of methoxy groups -OCH3 is 1. The van der Waals surface area contributed by atoms with E-state index < -0.39 is 6.03 Å². The molecule has 188 valence electrons. The number of halogens is 1. The zero-order valence-corrected chi connectivity index (χ0v) is 21.6. The maximum absolute atomic E-state index is 13.5. The summed E-state index contributed by atoms with van der Waals surface area (Å²) in [5, 5.41) is 5.36. The molecule has 9 heteroatoms. The zero-order valence-electron chi connectivity index (χ0n) is 20.0. The molecule has 0 spiro atoms. The molecule has 36 heavy (non-hydrogen) atoms. The Balaban J connectivity index is 1.50. The fourth-order valence-corrected chi connectivity index (χ4v) is 5.30. The summed E-state index contributed by atoms with van der Waals surface area (Å²) in [4.78, 5) is 31.0. The van der Waals surface area contributed by atoms with E-state index in [1.54, 1.807) is 53.7 Å². The number of benzene rings is 2. The van der Waals surface area contributed by atoms with Gasteiger partial charge in [0.15, 0.2) is 11.5 Å². The predicted octanol–water partition coefficient (Wildman–Crippen LogP) is 5.64. The van der Waals surface area contributed by atoms with Crippen molar-refractivity contribution in [3.63, 3.8) is 0 Å². The number of para-hydroxylation sites is 2. The van der Waals surface area contributed by atoms with Crippen molar-refractivity contribution in [1.82, 2.24) is 9.80 Å². The molecule has 1 N–H and O–H groups in total. The number of nitrogens with one attached hydrogen (secondary N) is 1. The van der Waals surface area contributed by atoms with Crippen LogP contribution in [0.15, 0.2) is 72.6 Å². The third-order valence-corrected chi connectivity index (χ3v) is 7.15. The maximum atomic E-state index is 13.5. The van der Waals surface area contributed by atoms with Crippen LogP contribution >= 0.6 is 22.9 Å². The number of anilines is 1. The monoisotopic (exact) mass is 525 g/mol. The first-order valence-electron chi connectivity index (χ1n) is 11.5. The lowest BCUT2D eigenvalue weighted by molar-refractivity contribution is -0.135. The zero-order chi connectivity index (χ0) is 25.5. The molecular weight excluding hydrogens is 498 g/mol. The molecule has 3 aromatic rings. The Kier molecular flexibility index (Phi) is 8.51. The van der Waals surface area contributed by atoms with Crippen LogP contribution in [0.3, 0.4) is 0 Å². The third-order valence-electron chi connectivity index (χ3n) is 5.92. The summed E-state index contributed by atoms with van der Waals surface area (Å²) in [6.45, 7) is 4.68. The van der Waals surface area contributed by atoms with Crippen LogP contribution in [0, 0.1) is 0 Å². The van der Waals surface area contributed by atoms with Crippen LogP contribution in [-0.2, 0) is 11.2 Å². The molecule has 2 heterocycles. The Bertz CT molecular complexity index is 1230. The minimum Gasteiger partial charge on any atom is -0.493 e. The summed E-state index contributed by atoms with van der Waals surface area (Å²) in [6, 6.07) is 15.7. The topological polar surface area (TPSA) is 71.1 Å². The maximum Gasteiger partial charge on any atom is 0.322 e. The molecule has 0 saturated carbocycles. The van der Waals surface area contributed by atoms with Gasteiger partial charge in [-0.1, -0.05) is 35.9 Å². The van der Waals surface area contributed by atoms with Crippen molar-refractivity contribution in [2.24, 2.45) is 0 Å². The quantitative estimate of drug-likeness (QED) is 0.367. The fourth-order valence-electron chi connectivity index (χ4n) is 4.18. The highest BCUT2D eigenvalue weighted by molar-refractivity contribution is 7.10. The SMILES string of the molecule is C=CCN(CC(=O)N1CCc2sccc2[C@H]1COc1ccccc1OC)C(=O)Nc1cccc(Cl)c1. The van der Waals surface area contributed by atoms with Crippen LogP contribution in [-0.4, -0.2) is 55.1 Å². The summed E-state index contributed by atoms with van der Waals surface area (Å²) in [7, 11) is 1.60. The van der Waals surface area contributed by atoms with Crippen molar-refractivity contribution in [2.45, 2.75) is 12.5 Å². The number of urea groups is 1. The number of ether oxygens (including phenoxy) is 2. The molecule has 7 nitrogen and oxygen atoms in total. The highest BCUT2D eigenvalue weighted by atomic mass is 35.5. The number of hydrogen-bond donors (Lipinski definition) is 1. The molecule has 0 radical (unpaired) electrons. The number of thiophene rings is 1. The van der Waals surface area contributed by atoms with Crippen LogP contribution < -0.4 is 14.8 Å². The normalized spacial score (nSPS) is 14.5. The molecule has 1 atom stereocenters. The van der Waals surface area contributed by atoms with E-state index in [2.05, 4.69) is 11.9 Å². The van der Waals surface area contributed by atoms with E-state index in [1.165, 1.54) is 9.78 Å². The Hall–Kier alpha value is -3.49. The number of fused-ring (bicyclic) bond motifs is 1. The second kappa shape index (κ2) is 12.0. The second-order valence-corrected chi connectivity index (χ2v) is 9.66. The van der Waals surface area contributed by atoms with E-state index in [1.807, 2.05) is 35.7 Å². The van der Waals surface area contributed by atoms with Crippen LogP contribution in [0.5, 0.6) is 11.5 Å². The van der Waals surface area contributed by atoms with Crippen LogP contribution in [0.2, 0.25) is 5.02 Å². The first-order valence-corrected chi connectivity index (χ1v) is 12.8. The first-order chi connectivity index (χ1) is 17.5. The Morgan fingerprint density at radius 1 is 1.22 bits per heavy atom. The smallest absolute Gasteiger partial charge is 0.322 e. The molecule has 4 rings (SSSR count). The summed E-state index contributed by atoms with van der Waals surface area (Å²) < 4.78 is 11.5. The Morgan fingerprint density at radius 2 is 2.03 bits per heavy atom. The number of rotatable bonds is 9. The molecule has 3 amide bonds. The molecule has 0 unspecified atom stereocenters. The highest BCUT2D eigenvalue weighted by Crippen LogP contribution is 2.35. The van der Waals surface area contributed by atoms with Gasteiger partial charge in [0.05, 0.1) is 13.2 Å². The lowest BCUT2D eigenvalue weighted by atomic mass is 10.0. The molecule has 0 aliphatic carbocycles. The Morgan fingerprint density at radius 3 is 2.78 bits per heavy atom. The van der Waals surface area contributed by atoms with Crippen molar-refractivity contribution in [3.8, 4) is 11.5 Å². The van der Waals surface area contributed by atoms with Gasteiger partial charge in [0.25, 0.3) is 0 Å². The molecule has 1 aromatic heterocycles. The van der Waals surface area contributed by atoms with Gasteiger partial charge in [0.2, 0.25) is 5.91 Å². The molecule has 1 aliphatic rings. The second-order valence-electron chi connectivity index (χ2n) is 8.22. The summed E-state index contributed by atoms with van der Waals surface area (Å²) in [6.07, 6.45) is 2.36. The van der Waals surface area contributed by atoms with E-state index in [0.717, 1.165) is 12.0 Å². The van der Waals surface area contributed by atoms with Gasteiger partial charge in [0.1, 0.15) is 13.2 Å². The van der Waals surface area contributed by atoms with Gasteiger partial charge in [-0.05, 0) is 53.8 Å². The van der Waals surface area contributed by atoms with E-state index in [4.69, 9.17) is 21.1 Å². The largest absolute Gasteiger partial charge is 0.493 e. The average Bonchev–Trinajstić information content (AvgIpc) is 3.36. The van der Waals surface area contributed by atoms with Crippen molar-refractivity contribution < 1.29 is 19.1 Å². The molecule has 2 aromatic carbocycles. The molecule has 0 saturated heterocycles. The van der Waals surface area contributed by atoms with Crippen molar-refractivity contribution in [3.05, 3.63) is 88.1 Å². The number of carbonyl (C=O) groups is 2. The third kappa shape index (κ3) is 6.01. The number of hydrogen-bond acceptors (Lipinski definition) is 5. The number of amides is 3. The van der Waals surface area contributed by atoms with Gasteiger partial charge in [-0.15, -0.1) is 17.9 Å². The lowest BCUT2D eigenvalue weighted by Gasteiger charge is -2.37. The van der Waals surface area contributed by atoms with Crippen LogP contribution in [0.4, 0.5) is 10.5 Å². The fraction of sp³-hybridized carbons (Fsp3) is 0.259. The lowest BCUT2D eigenvalue weighted by Crippen LogP contribution is -2.48. The van der Waals surface area contributed by atoms with E-state index in [-0.39, 0.29) is 31.6 Å². The predicted molar refractivity (Wildman–Crippen MR) is 143 cm³/mol. The molecule has 0 bridgehead atoms. The van der Waals surface area contributed by atoms with Crippen molar-refractivity contribution in [2.75, 3.05) is 38.7 Å². The molecule has 0 fully saturated rings.